The van der Waals surface area contributed by atoms with Crippen molar-refractivity contribution in [2.24, 2.45) is 0 Å². The second-order valence-electron chi connectivity index (χ2n) is 5.07. The summed E-state index contributed by atoms with van der Waals surface area (Å²) in [6, 6.07) is 8.33. The number of rotatable bonds is 3. The van der Waals surface area contributed by atoms with Crippen molar-refractivity contribution in [3.8, 4) is 0 Å². The van der Waals surface area contributed by atoms with Crippen molar-refractivity contribution < 1.29 is 21.6 Å². The standard InChI is InChI=1S/C14H16BrCl3N.BrH/c1-9(2)19-12(8-15)7-14(17,18)13(19)10-3-5-11(16)6-4-10;/h3-6,9,12H,7-8H2,1-2H3;1H/q+1;/p-1. The Kier molecular flexibility index (Phi) is 6.87. The lowest BCUT2D eigenvalue weighted by Gasteiger charge is -2.13. The van der Waals surface area contributed by atoms with Crippen LogP contribution in [0, 0.1) is 0 Å². The van der Waals surface area contributed by atoms with Gasteiger partial charge in [0.2, 0.25) is 10.0 Å². The summed E-state index contributed by atoms with van der Waals surface area (Å²) in [7, 11) is 0. The molecule has 1 unspecified atom stereocenters. The third-order valence-corrected chi connectivity index (χ3v) is 5.01. The van der Waals surface area contributed by atoms with Crippen LogP contribution >= 0.6 is 50.7 Å². The Morgan fingerprint density at radius 2 is 1.85 bits per heavy atom. The summed E-state index contributed by atoms with van der Waals surface area (Å²) in [6.45, 7) is 4.31. The molecule has 0 amide bonds. The third kappa shape index (κ3) is 3.73. The van der Waals surface area contributed by atoms with Crippen molar-refractivity contribution >= 4 is 56.4 Å². The smallest absolute Gasteiger partial charge is 0.220 e. The molecule has 0 saturated heterocycles. The minimum absolute atomic E-state index is 0. The Bertz CT molecular complexity index is 498. The van der Waals surface area contributed by atoms with Crippen LogP contribution in [0.1, 0.15) is 25.8 Å². The van der Waals surface area contributed by atoms with Gasteiger partial charge in [0.15, 0.2) is 6.04 Å². The third-order valence-electron chi connectivity index (χ3n) is 3.34. The van der Waals surface area contributed by atoms with Crippen molar-refractivity contribution in [1.29, 1.82) is 0 Å². The summed E-state index contributed by atoms with van der Waals surface area (Å²) in [5.74, 6) is 0. The van der Waals surface area contributed by atoms with Gasteiger partial charge in [-0.2, -0.15) is 0 Å². The molecule has 1 aromatic carbocycles. The van der Waals surface area contributed by atoms with E-state index in [-0.39, 0.29) is 17.0 Å². The molecule has 0 saturated carbocycles. The quantitative estimate of drug-likeness (QED) is 0.475. The summed E-state index contributed by atoms with van der Waals surface area (Å²) in [5, 5.41) is 1.56. The van der Waals surface area contributed by atoms with Crippen molar-refractivity contribution in [2.75, 3.05) is 5.33 Å². The second-order valence-corrected chi connectivity index (χ2v) is 7.64. The molecule has 20 heavy (non-hydrogen) atoms. The number of nitrogens with zero attached hydrogens (tertiary/aromatic N) is 1. The van der Waals surface area contributed by atoms with Crippen LogP contribution in [0.2, 0.25) is 5.02 Å². The van der Waals surface area contributed by atoms with E-state index >= 15 is 0 Å². The van der Waals surface area contributed by atoms with E-state index in [2.05, 4.69) is 34.4 Å². The fraction of sp³-hybridized carbons (Fsp3) is 0.500. The average Bonchev–Trinajstić information content (AvgIpc) is 2.61. The van der Waals surface area contributed by atoms with Crippen LogP contribution in [0.15, 0.2) is 24.3 Å². The fourth-order valence-corrected chi connectivity index (χ4v) is 4.08. The molecule has 0 aliphatic carbocycles. The Morgan fingerprint density at radius 3 is 2.30 bits per heavy atom. The van der Waals surface area contributed by atoms with E-state index in [0.717, 1.165) is 23.0 Å². The van der Waals surface area contributed by atoms with E-state index in [9.17, 15) is 0 Å². The van der Waals surface area contributed by atoms with Gasteiger partial charge in [-0.25, -0.2) is 4.58 Å². The highest BCUT2D eigenvalue weighted by atomic mass is 79.9. The molecule has 1 aliphatic rings. The number of benzene rings is 1. The van der Waals surface area contributed by atoms with Crippen LogP contribution < -0.4 is 17.0 Å². The molecule has 1 heterocycles. The van der Waals surface area contributed by atoms with Crippen LogP contribution in [-0.4, -0.2) is 32.0 Å². The van der Waals surface area contributed by atoms with Gasteiger partial charge in [-0.15, -0.1) is 0 Å². The first-order chi connectivity index (χ1) is 8.86. The largest absolute Gasteiger partial charge is 1.00 e. The Labute approximate surface area is 154 Å². The highest BCUT2D eigenvalue weighted by Crippen LogP contribution is 2.39. The van der Waals surface area contributed by atoms with Crippen molar-refractivity contribution in [3.05, 3.63) is 34.9 Å². The first-order valence-electron chi connectivity index (χ1n) is 6.22. The van der Waals surface area contributed by atoms with Crippen LogP contribution in [0.4, 0.5) is 0 Å². The maximum absolute atomic E-state index is 6.55. The molecule has 6 heteroatoms. The zero-order valence-electron chi connectivity index (χ0n) is 11.2. The first kappa shape index (κ1) is 18.8. The molecule has 0 bridgehead atoms. The first-order valence-corrected chi connectivity index (χ1v) is 8.48. The highest BCUT2D eigenvalue weighted by Gasteiger charge is 2.51. The molecule has 0 aromatic heterocycles. The van der Waals surface area contributed by atoms with Crippen molar-refractivity contribution in [3.63, 3.8) is 0 Å². The molecule has 1 nitrogen and oxygen atoms in total. The maximum Gasteiger partial charge on any atom is 0.220 e. The van der Waals surface area contributed by atoms with E-state index in [0.29, 0.717) is 17.1 Å². The zero-order valence-corrected chi connectivity index (χ0v) is 16.7. The SMILES string of the molecule is CC(C)[N+]1=C(c2ccc(Cl)cc2)C(Cl)(Cl)CC1CBr.[Br-]. The highest BCUT2D eigenvalue weighted by molar-refractivity contribution is 9.09. The predicted molar refractivity (Wildman–Crippen MR) is 87.6 cm³/mol. The van der Waals surface area contributed by atoms with Crippen LogP contribution in [0.25, 0.3) is 0 Å². The number of hydrogen-bond donors (Lipinski definition) is 0. The van der Waals surface area contributed by atoms with E-state index in [1.165, 1.54) is 0 Å². The van der Waals surface area contributed by atoms with E-state index < -0.39 is 4.33 Å². The second kappa shape index (κ2) is 7.32. The van der Waals surface area contributed by atoms with E-state index in [1.807, 2.05) is 24.3 Å². The van der Waals surface area contributed by atoms with Gasteiger partial charge in [-0.3, -0.25) is 0 Å². The molecular formula is C14H16Br2Cl3N. The van der Waals surface area contributed by atoms with E-state index in [4.69, 9.17) is 34.8 Å². The van der Waals surface area contributed by atoms with Gasteiger partial charge in [0.05, 0.1) is 11.8 Å². The Hall–Kier alpha value is 0.720. The van der Waals surface area contributed by atoms with Crippen LogP contribution in [0.5, 0.6) is 0 Å². The van der Waals surface area contributed by atoms with Gasteiger partial charge in [-0.1, -0.05) is 50.7 Å². The molecule has 1 atom stereocenters. The van der Waals surface area contributed by atoms with Gasteiger partial charge in [-0.05, 0) is 38.1 Å². The lowest BCUT2D eigenvalue weighted by Crippen LogP contribution is -3.00. The molecule has 0 N–H and O–H groups in total. The Morgan fingerprint density at radius 1 is 1.30 bits per heavy atom. The number of hydrogen-bond acceptors (Lipinski definition) is 0. The number of halogens is 5. The number of alkyl halides is 3. The topological polar surface area (TPSA) is 3.01 Å². The summed E-state index contributed by atoms with van der Waals surface area (Å²) < 4.78 is 1.45. The summed E-state index contributed by atoms with van der Waals surface area (Å²) in [5.41, 5.74) is 2.01. The molecule has 112 valence electrons. The minimum atomic E-state index is -0.851. The monoisotopic (exact) mass is 461 g/mol. The molecule has 2 rings (SSSR count). The van der Waals surface area contributed by atoms with Crippen LogP contribution in [-0.2, 0) is 0 Å². The zero-order chi connectivity index (χ0) is 14.2. The van der Waals surface area contributed by atoms with Gasteiger partial charge < -0.3 is 17.0 Å². The lowest BCUT2D eigenvalue weighted by atomic mass is 10.1. The van der Waals surface area contributed by atoms with Gasteiger partial charge in [0, 0.05) is 10.6 Å². The molecule has 0 radical (unpaired) electrons. The molecule has 1 aliphatic heterocycles. The van der Waals surface area contributed by atoms with Crippen molar-refractivity contribution in [1.82, 2.24) is 0 Å². The lowest BCUT2D eigenvalue weighted by molar-refractivity contribution is -0.581. The van der Waals surface area contributed by atoms with Gasteiger partial charge >= 0.3 is 0 Å². The summed E-state index contributed by atoms with van der Waals surface area (Å²) in [4.78, 5) is 0. The predicted octanol–water partition coefficient (Wildman–Crippen LogP) is 1.90. The molecular weight excluding hydrogens is 448 g/mol. The van der Waals surface area contributed by atoms with Gasteiger partial charge in [0.1, 0.15) is 6.04 Å². The normalized spacial score (nSPS) is 21.2. The van der Waals surface area contributed by atoms with E-state index in [1.54, 1.807) is 0 Å². The molecule has 0 fully saturated rings. The van der Waals surface area contributed by atoms with Crippen LogP contribution in [0.3, 0.4) is 0 Å². The summed E-state index contributed by atoms with van der Waals surface area (Å²) >= 11 is 22.6. The fourth-order valence-electron chi connectivity index (χ4n) is 2.64. The molecule has 0 spiro atoms. The van der Waals surface area contributed by atoms with Gasteiger partial charge in [0.25, 0.3) is 0 Å². The summed E-state index contributed by atoms with van der Waals surface area (Å²) in [6.07, 6.45) is 0.720. The molecule has 1 aromatic rings. The maximum atomic E-state index is 6.55. The van der Waals surface area contributed by atoms with Crippen molar-refractivity contribution in [2.45, 2.75) is 36.7 Å². The minimum Gasteiger partial charge on any atom is -1.00 e. The average molecular weight is 464 g/mol. The Balaban J connectivity index is 0.00000200.